The monoisotopic (exact) mass is 186 g/mol. The summed E-state index contributed by atoms with van der Waals surface area (Å²) in [5, 5.41) is 17.5. The van der Waals surface area contributed by atoms with Crippen molar-refractivity contribution in [3.8, 4) is 0 Å². The molecule has 2 heteroatoms. The lowest BCUT2D eigenvalue weighted by Crippen LogP contribution is -2.09. The zero-order valence-corrected chi connectivity index (χ0v) is 8.41. The molecule has 0 amide bonds. The van der Waals surface area contributed by atoms with Crippen LogP contribution < -0.4 is 0 Å². The Hall–Kier alpha value is -0.0800. The van der Waals surface area contributed by atoms with Gasteiger partial charge in [-0.05, 0) is 37.5 Å². The lowest BCUT2D eigenvalue weighted by molar-refractivity contribution is 0.235. The number of rotatable bonds is 6. The van der Waals surface area contributed by atoms with Crippen LogP contribution in [-0.4, -0.2) is 23.4 Å². The first-order chi connectivity index (χ1) is 6.38. The molecule has 1 rings (SSSR count). The van der Waals surface area contributed by atoms with Crippen molar-refractivity contribution in [2.24, 2.45) is 11.8 Å². The van der Waals surface area contributed by atoms with Crippen LogP contribution in [0.3, 0.4) is 0 Å². The highest BCUT2D eigenvalue weighted by molar-refractivity contribution is 4.77. The summed E-state index contributed by atoms with van der Waals surface area (Å²) in [6.45, 7) is 0.673. The molecule has 1 saturated carbocycles. The van der Waals surface area contributed by atoms with Crippen molar-refractivity contribution in [3.63, 3.8) is 0 Å². The van der Waals surface area contributed by atoms with E-state index in [0.717, 1.165) is 24.7 Å². The van der Waals surface area contributed by atoms with E-state index in [2.05, 4.69) is 0 Å². The summed E-state index contributed by atoms with van der Waals surface area (Å²) in [6, 6.07) is 0. The van der Waals surface area contributed by atoms with Gasteiger partial charge in [0.25, 0.3) is 0 Å². The Morgan fingerprint density at radius 3 is 1.69 bits per heavy atom. The standard InChI is InChI=1S/C11H22O2/c12-8-2-6-10-4-1-5-11(10)7-3-9-13/h10-13H,1-9H2. The van der Waals surface area contributed by atoms with E-state index in [4.69, 9.17) is 10.2 Å². The second kappa shape index (κ2) is 6.39. The third kappa shape index (κ3) is 3.65. The second-order valence-electron chi connectivity index (χ2n) is 4.18. The number of hydrogen-bond donors (Lipinski definition) is 2. The molecular weight excluding hydrogens is 164 g/mol. The summed E-state index contributed by atoms with van der Waals surface area (Å²) in [5.74, 6) is 1.66. The topological polar surface area (TPSA) is 40.5 Å². The van der Waals surface area contributed by atoms with Gasteiger partial charge in [0, 0.05) is 13.2 Å². The fourth-order valence-corrected chi connectivity index (χ4v) is 2.58. The fourth-order valence-electron chi connectivity index (χ4n) is 2.58. The molecule has 0 aromatic heterocycles. The van der Waals surface area contributed by atoms with Crippen molar-refractivity contribution in [1.82, 2.24) is 0 Å². The molecule has 1 aliphatic rings. The molecule has 0 aromatic carbocycles. The molecule has 0 saturated heterocycles. The number of aliphatic hydroxyl groups is 2. The van der Waals surface area contributed by atoms with Crippen molar-refractivity contribution in [1.29, 1.82) is 0 Å². The Bertz CT molecular complexity index is 111. The molecule has 13 heavy (non-hydrogen) atoms. The molecule has 2 atom stereocenters. The summed E-state index contributed by atoms with van der Waals surface area (Å²) < 4.78 is 0. The van der Waals surface area contributed by atoms with Crippen LogP contribution in [-0.2, 0) is 0 Å². The van der Waals surface area contributed by atoms with Crippen LogP contribution in [0.1, 0.15) is 44.9 Å². The quantitative estimate of drug-likeness (QED) is 0.665. The number of aliphatic hydroxyl groups excluding tert-OH is 2. The molecule has 0 bridgehead atoms. The minimum Gasteiger partial charge on any atom is -0.396 e. The van der Waals surface area contributed by atoms with E-state index in [9.17, 15) is 0 Å². The summed E-state index contributed by atoms with van der Waals surface area (Å²) in [7, 11) is 0. The molecule has 1 aliphatic carbocycles. The third-order valence-electron chi connectivity index (χ3n) is 3.28. The molecule has 2 N–H and O–H groups in total. The molecule has 0 aliphatic heterocycles. The van der Waals surface area contributed by atoms with Crippen molar-refractivity contribution in [2.45, 2.75) is 44.9 Å². The minimum absolute atomic E-state index is 0.337. The van der Waals surface area contributed by atoms with E-state index < -0.39 is 0 Å². The van der Waals surface area contributed by atoms with Gasteiger partial charge in [0.05, 0.1) is 0 Å². The van der Waals surface area contributed by atoms with Gasteiger partial charge in [0.15, 0.2) is 0 Å². The first kappa shape index (κ1) is 11.0. The predicted molar refractivity (Wildman–Crippen MR) is 53.5 cm³/mol. The maximum Gasteiger partial charge on any atom is 0.0431 e. The number of hydrogen-bond acceptors (Lipinski definition) is 2. The van der Waals surface area contributed by atoms with E-state index in [-0.39, 0.29) is 0 Å². The summed E-state index contributed by atoms with van der Waals surface area (Å²) >= 11 is 0. The van der Waals surface area contributed by atoms with Crippen LogP contribution in [0.4, 0.5) is 0 Å². The molecule has 2 unspecified atom stereocenters. The van der Waals surface area contributed by atoms with E-state index in [1.165, 1.54) is 32.1 Å². The molecule has 0 spiro atoms. The first-order valence-electron chi connectivity index (χ1n) is 5.60. The van der Waals surface area contributed by atoms with E-state index >= 15 is 0 Å². The smallest absolute Gasteiger partial charge is 0.0431 e. The summed E-state index contributed by atoms with van der Waals surface area (Å²) in [5.41, 5.74) is 0. The summed E-state index contributed by atoms with van der Waals surface area (Å²) in [6.07, 6.45) is 8.33. The van der Waals surface area contributed by atoms with Gasteiger partial charge in [-0.25, -0.2) is 0 Å². The predicted octanol–water partition coefficient (Wildman–Crippen LogP) is 1.95. The van der Waals surface area contributed by atoms with Gasteiger partial charge in [-0.1, -0.05) is 19.3 Å². The zero-order chi connectivity index (χ0) is 9.52. The highest BCUT2D eigenvalue weighted by Gasteiger charge is 2.25. The van der Waals surface area contributed by atoms with Crippen molar-refractivity contribution in [2.75, 3.05) is 13.2 Å². The average Bonchev–Trinajstić information content (AvgIpc) is 2.59. The van der Waals surface area contributed by atoms with Gasteiger partial charge >= 0.3 is 0 Å². The second-order valence-corrected chi connectivity index (χ2v) is 4.18. The maximum atomic E-state index is 8.75. The SMILES string of the molecule is OCCCC1CCCC1CCCO. The molecule has 0 aromatic rings. The Morgan fingerprint density at radius 2 is 1.31 bits per heavy atom. The van der Waals surface area contributed by atoms with Crippen LogP contribution in [0, 0.1) is 11.8 Å². The van der Waals surface area contributed by atoms with E-state index in [1.807, 2.05) is 0 Å². The average molecular weight is 186 g/mol. The fraction of sp³-hybridized carbons (Fsp3) is 1.00. The maximum absolute atomic E-state index is 8.75. The Morgan fingerprint density at radius 1 is 0.846 bits per heavy atom. The van der Waals surface area contributed by atoms with Gasteiger partial charge in [-0.3, -0.25) is 0 Å². The van der Waals surface area contributed by atoms with Crippen molar-refractivity contribution in [3.05, 3.63) is 0 Å². The zero-order valence-electron chi connectivity index (χ0n) is 8.41. The third-order valence-corrected chi connectivity index (χ3v) is 3.28. The largest absolute Gasteiger partial charge is 0.396 e. The van der Waals surface area contributed by atoms with E-state index in [1.54, 1.807) is 0 Å². The van der Waals surface area contributed by atoms with Crippen LogP contribution in [0.5, 0.6) is 0 Å². The van der Waals surface area contributed by atoms with Crippen LogP contribution >= 0.6 is 0 Å². The highest BCUT2D eigenvalue weighted by atomic mass is 16.3. The van der Waals surface area contributed by atoms with Gasteiger partial charge in [0.1, 0.15) is 0 Å². The van der Waals surface area contributed by atoms with Gasteiger partial charge in [0.2, 0.25) is 0 Å². The molecular formula is C11H22O2. The summed E-state index contributed by atoms with van der Waals surface area (Å²) in [4.78, 5) is 0. The van der Waals surface area contributed by atoms with Gasteiger partial charge in [-0.2, -0.15) is 0 Å². The Kier molecular flexibility index (Phi) is 5.40. The Labute approximate surface area is 81.0 Å². The molecule has 1 fully saturated rings. The van der Waals surface area contributed by atoms with Gasteiger partial charge < -0.3 is 10.2 Å². The van der Waals surface area contributed by atoms with Crippen molar-refractivity contribution >= 4 is 0 Å². The normalized spacial score (nSPS) is 28.2. The van der Waals surface area contributed by atoms with Crippen LogP contribution in [0.15, 0.2) is 0 Å². The minimum atomic E-state index is 0.337. The lowest BCUT2D eigenvalue weighted by Gasteiger charge is -2.18. The lowest BCUT2D eigenvalue weighted by atomic mass is 9.88. The molecule has 0 radical (unpaired) electrons. The van der Waals surface area contributed by atoms with Crippen molar-refractivity contribution < 1.29 is 10.2 Å². The van der Waals surface area contributed by atoms with Crippen LogP contribution in [0.25, 0.3) is 0 Å². The molecule has 2 nitrogen and oxygen atoms in total. The highest BCUT2D eigenvalue weighted by Crippen LogP contribution is 2.37. The van der Waals surface area contributed by atoms with E-state index in [0.29, 0.717) is 13.2 Å². The first-order valence-corrected chi connectivity index (χ1v) is 5.60. The molecule has 0 heterocycles. The Balaban J connectivity index is 2.18. The van der Waals surface area contributed by atoms with Crippen LogP contribution in [0.2, 0.25) is 0 Å². The molecule has 78 valence electrons. The van der Waals surface area contributed by atoms with Gasteiger partial charge in [-0.15, -0.1) is 0 Å².